The molecule has 0 saturated carbocycles. The average Bonchev–Trinajstić information content (AvgIpc) is 3.49. The van der Waals surface area contributed by atoms with Crippen molar-refractivity contribution < 1.29 is 4.39 Å². The van der Waals surface area contributed by atoms with Gasteiger partial charge in [-0.25, -0.2) is 18.9 Å². The molecule has 0 bridgehead atoms. The number of aromatic nitrogens is 4. The monoisotopic (exact) mass is 600 g/mol. The molecular weight excluding hydrogens is 571 g/mol. The Morgan fingerprint density at radius 1 is 0.587 bits per heavy atom. The van der Waals surface area contributed by atoms with Crippen molar-refractivity contribution in [2.45, 2.75) is 13.8 Å². The first-order valence-electron chi connectivity index (χ1n) is 15.2. The first kappa shape index (κ1) is 27.5. The molecular formula is C39H29FN6. The van der Waals surface area contributed by atoms with Gasteiger partial charge in [0.05, 0.1) is 11.2 Å². The van der Waals surface area contributed by atoms with Gasteiger partial charge in [0.1, 0.15) is 17.5 Å². The summed E-state index contributed by atoms with van der Waals surface area (Å²) in [6, 6.07) is 43.7. The molecule has 222 valence electrons. The average molecular weight is 601 g/mol. The van der Waals surface area contributed by atoms with E-state index in [0.29, 0.717) is 17.2 Å². The largest absolute Gasteiger partial charge is 0.308 e. The van der Waals surface area contributed by atoms with E-state index in [2.05, 4.69) is 52.2 Å². The Morgan fingerprint density at radius 2 is 1.28 bits per heavy atom. The van der Waals surface area contributed by atoms with Crippen LogP contribution in [0.1, 0.15) is 11.4 Å². The van der Waals surface area contributed by atoms with E-state index in [0.717, 1.165) is 50.2 Å². The summed E-state index contributed by atoms with van der Waals surface area (Å²) >= 11 is 0. The van der Waals surface area contributed by atoms with Crippen LogP contribution in [0.5, 0.6) is 0 Å². The van der Waals surface area contributed by atoms with Crippen molar-refractivity contribution in [1.29, 1.82) is 0 Å². The van der Waals surface area contributed by atoms with Gasteiger partial charge in [-0.1, -0.05) is 66.2 Å². The van der Waals surface area contributed by atoms with Crippen molar-refractivity contribution in [1.82, 2.24) is 19.6 Å². The maximum Gasteiger partial charge on any atom is 0.164 e. The van der Waals surface area contributed by atoms with Gasteiger partial charge >= 0.3 is 0 Å². The number of pyridine rings is 2. The topological polar surface area (TPSA) is 49.6 Å². The number of aryl methyl sites for hydroxylation is 2. The zero-order chi connectivity index (χ0) is 31.2. The van der Waals surface area contributed by atoms with Gasteiger partial charge in [-0.2, -0.15) is 5.10 Å². The van der Waals surface area contributed by atoms with Gasteiger partial charge in [0.15, 0.2) is 5.65 Å². The minimum absolute atomic E-state index is 0.340. The molecule has 8 rings (SSSR count). The number of hydrogen-bond acceptors (Lipinski definition) is 5. The molecule has 8 aromatic rings. The number of anilines is 6. The van der Waals surface area contributed by atoms with Gasteiger partial charge in [-0.3, -0.25) is 4.90 Å². The van der Waals surface area contributed by atoms with Crippen LogP contribution < -0.4 is 9.80 Å². The SMILES string of the molecule is Cc1ccc(N(c2cccc(N(c3ccccc3)c3cc4c(cc3F)c3ccccc3n3nc(C)nc43)c2)c2ccccn2)cc1. The van der Waals surface area contributed by atoms with Crippen LogP contribution in [0.15, 0.2) is 140 Å². The van der Waals surface area contributed by atoms with Gasteiger partial charge in [-0.15, -0.1) is 0 Å². The first-order chi connectivity index (χ1) is 22.5. The lowest BCUT2D eigenvalue weighted by molar-refractivity contribution is 0.630. The summed E-state index contributed by atoms with van der Waals surface area (Å²) in [4.78, 5) is 13.5. The van der Waals surface area contributed by atoms with Crippen LogP contribution in [-0.4, -0.2) is 19.6 Å². The van der Waals surface area contributed by atoms with E-state index in [9.17, 15) is 0 Å². The fourth-order valence-electron chi connectivity index (χ4n) is 6.15. The fourth-order valence-corrected chi connectivity index (χ4v) is 6.15. The molecule has 0 spiro atoms. The van der Waals surface area contributed by atoms with E-state index in [1.54, 1.807) is 12.3 Å². The van der Waals surface area contributed by atoms with Crippen LogP contribution in [0.4, 0.5) is 38.6 Å². The zero-order valence-electron chi connectivity index (χ0n) is 25.3. The number of rotatable bonds is 6. The van der Waals surface area contributed by atoms with Crippen LogP contribution in [-0.2, 0) is 0 Å². The molecule has 3 aromatic heterocycles. The molecule has 0 radical (unpaired) electrons. The van der Waals surface area contributed by atoms with Crippen LogP contribution in [0.2, 0.25) is 0 Å². The van der Waals surface area contributed by atoms with Crippen molar-refractivity contribution in [2.75, 3.05) is 9.80 Å². The molecule has 6 nitrogen and oxygen atoms in total. The molecule has 0 amide bonds. The third kappa shape index (κ3) is 4.70. The maximum absolute atomic E-state index is 16.6. The number of benzene rings is 5. The normalized spacial score (nSPS) is 11.4. The predicted octanol–water partition coefficient (Wildman–Crippen LogP) is 10.1. The van der Waals surface area contributed by atoms with E-state index in [1.807, 2.05) is 113 Å². The molecule has 0 atom stereocenters. The highest BCUT2D eigenvalue weighted by molar-refractivity contribution is 6.12. The number of halogens is 1. The Kier molecular flexibility index (Phi) is 6.64. The van der Waals surface area contributed by atoms with Crippen molar-refractivity contribution in [3.8, 4) is 0 Å². The van der Waals surface area contributed by atoms with E-state index in [1.165, 1.54) is 5.56 Å². The van der Waals surface area contributed by atoms with Gasteiger partial charge in [0.25, 0.3) is 0 Å². The smallest absolute Gasteiger partial charge is 0.164 e. The molecule has 5 aromatic carbocycles. The molecule has 46 heavy (non-hydrogen) atoms. The minimum atomic E-state index is -0.340. The molecule has 0 fully saturated rings. The Hall–Kier alpha value is -6.08. The molecule has 0 aliphatic heterocycles. The van der Waals surface area contributed by atoms with Crippen molar-refractivity contribution >= 4 is 61.6 Å². The summed E-state index contributed by atoms with van der Waals surface area (Å²) in [5.74, 6) is 1.09. The maximum atomic E-state index is 16.6. The van der Waals surface area contributed by atoms with Crippen molar-refractivity contribution in [3.63, 3.8) is 0 Å². The fraction of sp³-hybridized carbons (Fsp3) is 0.0513. The Labute approximate surface area is 265 Å². The van der Waals surface area contributed by atoms with Gasteiger partial charge in [0.2, 0.25) is 0 Å². The van der Waals surface area contributed by atoms with E-state index >= 15 is 4.39 Å². The third-order valence-electron chi connectivity index (χ3n) is 8.24. The van der Waals surface area contributed by atoms with Crippen LogP contribution in [0.3, 0.4) is 0 Å². The third-order valence-corrected chi connectivity index (χ3v) is 8.24. The summed E-state index contributed by atoms with van der Waals surface area (Å²) < 4.78 is 18.5. The minimum Gasteiger partial charge on any atom is -0.308 e. The van der Waals surface area contributed by atoms with Crippen LogP contribution in [0.25, 0.3) is 27.3 Å². The Bertz CT molecular complexity index is 2350. The lowest BCUT2D eigenvalue weighted by atomic mass is 10.0. The molecule has 0 aliphatic carbocycles. The second kappa shape index (κ2) is 11.1. The lowest BCUT2D eigenvalue weighted by Crippen LogP contribution is -2.14. The lowest BCUT2D eigenvalue weighted by Gasteiger charge is -2.29. The first-order valence-corrected chi connectivity index (χ1v) is 15.2. The number of para-hydroxylation sites is 2. The van der Waals surface area contributed by atoms with Crippen LogP contribution >= 0.6 is 0 Å². The quantitative estimate of drug-likeness (QED) is 0.178. The number of nitrogens with zero attached hydrogens (tertiary/aromatic N) is 6. The van der Waals surface area contributed by atoms with Crippen molar-refractivity contribution in [3.05, 3.63) is 157 Å². The molecule has 0 unspecified atom stereocenters. The highest BCUT2D eigenvalue weighted by atomic mass is 19.1. The van der Waals surface area contributed by atoms with E-state index in [4.69, 9.17) is 4.98 Å². The van der Waals surface area contributed by atoms with E-state index < -0.39 is 0 Å². The summed E-state index contributed by atoms with van der Waals surface area (Å²) in [5, 5.41) is 7.21. The highest BCUT2D eigenvalue weighted by Crippen LogP contribution is 2.42. The molecule has 0 aliphatic rings. The van der Waals surface area contributed by atoms with Gasteiger partial charge in [0, 0.05) is 39.7 Å². The summed E-state index contributed by atoms with van der Waals surface area (Å²) in [6.07, 6.45) is 1.79. The molecule has 0 N–H and O–H groups in total. The van der Waals surface area contributed by atoms with Crippen molar-refractivity contribution in [2.24, 2.45) is 0 Å². The summed E-state index contributed by atoms with van der Waals surface area (Å²) in [5.41, 5.74) is 6.64. The standard InChI is InChI=1S/C39H29FN6/c1-26-18-20-29(21-19-26)45(38-17-8-9-22-41-38)31-14-10-13-30(23-31)44(28-11-4-3-5-12-28)37-25-34-33(24-35(37)40)32-15-6-7-16-36(32)46-39(34)42-27(2)43-46/h3-25H,1-2H3. The number of hydrogen-bond donors (Lipinski definition) is 0. The zero-order valence-corrected chi connectivity index (χ0v) is 25.3. The van der Waals surface area contributed by atoms with Gasteiger partial charge < -0.3 is 4.90 Å². The highest BCUT2D eigenvalue weighted by Gasteiger charge is 2.22. The molecule has 7 heteroatoms. The second-order valence-corrected chi connectivity index (χ2v) is 11.3. The van der Waals surface area contributed by atoms with E-state index in [-0.39, 0.29) is 5.82 Å². The van der Waals surface area contributed by atoms with Gasteiger partial charge in [-0.05, 0) is 92.0 Å². The number of fused-ring (bicyclic) bond motifs is 6. The predicted molar refractivity (Wildman–Crippen MR) is 185 cm³/mol. The Balaban J connectivity index is 1.36. The van der Waals surface area contributed by atoms with Crippen LogP contribution in [0, 0.1) is 19.7 Å². The molecule has 0 saturated heterocycles. The Morgan fingerprint density at radius 3 is 2.07 bits per heavy atom. The summed E-state index contributed by atoms with van der Waals surface area (Å²) in [7, 11) is 0. The summed E-state index contributed by atoms with van der Waals surface area (Å²) in [6.45, 7) is 3.95. The second-order valence-electron chi connectivity index (χ2n) is 11.3. The molecule has 3 heterocycles.